The molecule has 0 amide bonds. The van der Waals surface area contributed by atoms with Crippen molar-refractivity contribution in [3.8, 4) is 11.5 Å². The third-order valence-electron chi connectivity index (χ3n) is 4.50. The van der Waals surface area contributed by atoms with Gasteiger partial charge in [-0.3, -0.25) is 9.59 Å². The van der Waals surface area contributed by atoms with Crippen molar-refractivity contribution in [3.63, 3.8) is 0 Å². The first kappa shape index (κ1) is 19.5. The van der Waals surface area contributed by atoms with Crippen LogP contribution in [0.4, 0.5) is 0 Å². The average molecular weight is 423 g/mol. The monoisotopic (exact) mass is 422 g/mol. The molecule has 0 aliphatic rings. The minimum Gasteiger partial charge on any atom is -0.503 e. The van der Waals surface area contributed by atoms with Crippen molar-refractivity contribution in [1.29, 1.82) is 0 Å². The highest BCUT2D eigenvalue weighted by molar-refractivity contribution is 6.30. The summed E-state index contributed by atoms with van der Waals surface area (Å²) in [6.45, 7) is 0.196. The number of pyridine rings is 1. The van der Waals surface area contributed by atoms with Crippen LogP contribution in [0.2, 0.25) is 5.02 Å². The molecule has 0 radical (unpaired) electrons. The van der Waals surface area contributed by atoms with Gasteiger partial charge in [0.2, 0.25) is 5.43 Å². The second-order valence-corrected chi connectivity index (χ2v) is 6.98. The third kappa shape index (κ3) is 3.70. The number of rotatable bonds is 4. The zero-order valence-corrected chi connectivity index (χ0v) is 16.2. The van der Waals surface area contributed by atoms with E-state index in [1.807, 2.05) is 0 Å². The fraction of sp³-hybridized carbons (Fsp3) is 0.0455. The fourth-order valence-corrected chi connectivity index (χ4v) is 3.27. The van der Waals surface area contributed by atoms with Crippen molar-refractivity contribution in [2.24, 2.45) is 0 Å². The highest BCUT2D eigenvalue weighted by Crippen LogP contribution is 2.15. The zero-order chi connectivity index (χ0) is 21.3. The molecular weight excluding hydrogens is 408 g/mol. The number of hydrogen-bond donors (Lipinski definition) is 1. The Morgan fingerprint density at radius 2 is 1.80 bits per heavy atom. The van der Waals surface area contributed by atoms with Crippen LogP contribution in [0.5, 0.6) is 11.5 Å². The molecule has 0 fully saturated rings. The Kier molecular flexibility index (Phi) is 5.12. The number of carbonyl (C=O) groups excluding carboxylic acids is 1. The number of nitrogens with zero attached hydrogens (tertiary/aromatic N) is 2. The van der Waals surface area contributed by atoms with Gasteiger partial charge in [0.15, 0.2) is 11.3 Å². The summed E-state index contributed by atoms with van der Waals surface area (Å²) in [6, 6.07) is 15.2. The minimum atomic E-state index is -0.978. The van der Waals surface area contributed by atoms with Crippen molar-refractivity contribution in [3.05, 3.63) is 110 Å². The first-order valence-electron chi connectivity index (χ1n) is 8.93. The van der Waals surface area contributed by atoms with E-state index in [4.69, 9.17) is 16.3 Å². The molecule has 7 nitrogen and oxygen atoms in total. The molecule has 30 heavy (non-hydrogen) atoms. The SMILES string of the molecule is O=C(Oc1ccccc1)c1cn2ccn(Cc3cccc(Cl)c3)c(=O)c2c(O)c1=O. The lowest BCUT2D eigenvalue weighted by Crippen LogP contribution is -2.27. The lowest BCUT2D eigenvalue weighted by Gasteiger charge is -2.11. The van der Waals surface area contributed by atoms with Gasteiger partial charge in [-0.15, -0.1) is 0 Å². The maximum atomic E-state index is 12.9. The number of aromatic nitrogens is 2. The molecule has 2 aromatic carbocycles. The van der Waals surface area contributed by atoms with Crippen LogP contribution in [0, 0.1) is 0 Å². The zero-order valence-electron chi connectivity index (χ0n) is 15.5. The van der Waals surface area contributed by atoms with Crippen LogP contribution >= 0.6 is 11.6 Å². The van der Waals surface area contributed by atoms with Crippen LogP contribution in [0.15, 0.2) is 82.8 Å². The Morgan fingerprint density at radius 1 is 1.03 bits per heavy atom. The van der Waals surface area contributed by atoms with E-state index in [-0.39, 0.29) is 23.4 Å². The summed E-state index contributed by atoms with van der Waals surface area (Å²) in [4.78, 5) is 37.8. The maximum absolute atomic E-state index is 12.9. The van der Waals surface area contributed by atoms with E-state index in [1.54, 1.807) is 54.6 Å². The summed E-state index contributed by atoms with van der Waals surface area (Å²) in [5.41, 5.74) is -1.41. The van der Waals surface area contributed by atoms with Crippen LogP contribution in [0.25, 0.3) is 5.52 Å². The van der Waals surface area contributed by atoms with Gasteiger partial charge in [0, 0.05) is 23.6 Å². The number of para-hydroxylation sites is 1. The summed E-state index contributed by atoms with van der Waals surface area (Å²) in [5.74, 6) is -1.50. The van der Waals surface area contributed by atoms with Gasteiger partial charge in [-0.25, -0.2) is 4.79 Å². The molecule has 0 spiro atoms. The van der Waals surface area contributed by atoms with Gasteiger partial charge in [0.1, 0.15) is 11.3 Å². The van der Waals surface area contributed by atoms with E-state index in [2.05, 4.69) is 0 Å². The number of esters is 1. The van der Waals surface area contributed by atoms with Crippen molar-refractivity contribution >= 4 is 23.1 Å². The molecule has 2 aromatic heterocycles. The Morgan fingerprint density at radius 3 is 2.53 bits per heavy atom. The van der Waals surface area contributed by atoms with Gasteiger partial charge in [-0.1, -0.05) is 41.9 Å². The molecule has 1 N–H and O–H groups in total. The molecule has 0 unspecified atom stereocenters. The molecule has 4 rings (SSSR count). The Balaban J connectivity index is 1.75. The standard InChI is InChI=1S/C22H15ClN2O5/c23-15-6-4-5-14(11-15)12-25-10-9-24-13-17(19(26)20(27)18(24)21(25)28)22(29)30-16-7-2-1-3-8-16/h1-11,13,27H,12H2. The minimum absolute atomic E-state index is 0.196. The quantitative estimate of drug-likeness (QED) is 0.403. The van der Waals surface area contributed by atoms with Gasteiger partial charge in [0.25, 0.3) is 5.56 Å². The summed E-state index contributed by atoms with van der Waals surface area (Å²) >= 11 is 5.98. The normalized spacial score (nSPS) is 10.8. The number of hydrogen-bond acceptors (Lipinski definition) is 5. The van der Waals surface area contributed by atoms with E-state index in [1.165, 1.54) is 27.6 Å². The van der Waals surface area contributed by atoms with E-state index in [0.29, 0.717) is 5.02 Å². The van der Waals surface area contributed by atoms with Crippen LogP contribution in [-0.2, 0) is 6.54 Å². The highest BCUT2D eigenvalue weighted by atomic mass is 35.5. The van der Waals surface area contributed by atoms with Crippen LogP contribution in [-0.4, -0.2) is 20.0 Å². The molecule has 150 valence electrons. The molecule has 4 aromatic rings. The molecule has 0 bridgehead atoms. The summed E-state index contributed by atoms with van der Waals surface area (Å²) in [6.07, 6.45) is 4.14. The number of aromatic hydroxyl groups is 1. The van der Waals surface area contributed by atoms with Crippen molar-refractivity contribution < 1.29 is 14.6 Å². The third-order valence-corrected chi connectivity index (χ3v) is 4.73. The van der Waals surface area contributed by atoms with E-state index < -0.39 is 22.7 Å². The smallest absolute Gasteiger partial charge is 0.349 e. The number of halogens is 1. The van der Waals surface area contributed by atoms with Gasteiger partial charge in [-0.05, 0) is 29.8 Å². The predicted molar refractivity (Wildman–Crippen MR) is 112 cm³/mol. The molecule has 0 aliphatic carbocycles. The van der Waals surface area contributed by atoms with E-state index >= 15 is 0 Å². The van der Waals surface area contributed by atoms with Crippen molar-refractivity contribution in [2.45, 2.75) is 6.54 Å². The summed E-state index contributed by atoms with van der Waals surface area (Å²) in [5, 5.41) is 10.9. The lowest BCUT2D eigenvalue weighted by atomic mass is 10.2. The second-order valence-electron chi connectivity index (χ2n) is 6.54. The van der Waals surface area contributed by atoms with Crippen LogP contribution < -0.4 is 15.7 Å². The van der Waals surface area contributed by atoms with Gasteiger partial charge in [0.05, 0.1) is 6.54 Å². The topological polar surface area (TPSA) is 90.0 Å². The molecule has 2 heterocycles. The van der Waals surface area contributed by atoms with Gasteiger partial charge in [-0.2, -0.15) is 0 Å². The number of ether oxygens (including phenoxy) is 1. The number of fused-ring (bicyclic) bond motifs is 1. The van der Waals surface area contributed by atoms with Gasteiger partial charge >= 0.3 is 5.97 Å². The number of carbonyl (C=O) groups is 1. The molecule has 0 atom stereocenters. The number of benzene rings is 2. The molecule has 0 saturated heterocycles. The Bertz CT molecular complexity index is 1380. The largest absolute Gasteiger partial charge is 0.503 e. The van der Waals surface area contributed by atoms with Crippen molar-refractivity contribution in [1.82, 2.24) is 8.97 Å². The Labute approximate surface area is 175 Å². The first-order chi connectivity index (χ1) is 14.4. The lowest BCUT2D eigenvalue weighted by molar-refractivity contribution is 0.0732. The summed E-state index contributed by atoms with van der Waals surface area (Å²) in [7, 11) is 0. The molecule has 0 aliphatic heterocycles. The summed E-state index contributed by atoms with van der Waals surface area (Å²) < 4.78 is 7.74. The first-order valence-corrected chi connectivity index (χ1v) is 9.31. The molecule has 8 heteroatoms. The Hall–Kier alpha value is -3.84. The van der Waals surface area contributed by atoms with Gasteiger partial charge < -0.3 is 18.8 Å². The van der Waals surface area contributed by atoms with Crippen LogP contribution in [0.3, 0.4) is 0 Å². The fourth-order valence-electron chi connectivity index (χ4n) is 3.06. The van der Waals surface area contributed by atoms with E-state index in [0.717, 1.165) is 5.56 Å². The predicted octanol–water partition coefficient (Wildman–Crippen LogP) is 3.09. The van der Waals surface area contributed by atoms with Crippen molar-refractivity contribution in [2.75, 3.05) is 0 Å². The molecular formula is C22H15ClN2O5. The maximum Gasteiger partial charge on any atom is 0.349 e. The van der Waals surface area contributed by atoms with Crippen LogP contribution in [0.1, 0.15) is 15.9 Å². The molecule has 0 saturated carbocycles. The van der Waals surface area contributed by atoms with E-state index in [9.17, 15) is 19.5 Å². The second kappa shape index (κ2) is 7.88. The average Bonchev–Trinajstić information content (AvgIpc) is 2.73. The highest BCUT2D eigenvalue weighted by Gasteiger charge is 2.20.